The predicted molar refractivity (Wildman–Crippen MR) is 57.7 cm³/mol. The summed E-state index contributed by atoms with van der Waals surface area (Å²) in [6.45, 7) is 2.19. The maximum absolute atomic E-state index is 12.9. The molecule has 5 nitrogen and oxygen atoms in total. The summed E-state index contributed by atoms with van der Waals surface area (Å²) >= 11 is 0. The van der Waals surface area contributed by atoms with Crippen molar-refractivity contribution < 1.29 is 19.0 Å². The molecule has 0 saturated heterocycles. The van der Waals surface area contributed by atoms with Crippen molar-refractivity contribution in [3.8, 4) is 5.75 Å². The van der Waals surface area contributed by atoms with Crippen LogP contribution in [0.3, 0.4) is 0 Å². The Morgan fingerprint density at radius 1 is 1.71 bits per heavy atom. The highest BCUT2D eigenvalue weighted by Crippen LogP contribution is 2.38. The van der Waals surface area contributed by atoms with Crippen molar-refractivity contribution in [2.24, 2.45) is 0 Å². The first-order valence-corrected chi connectivity index (χ1v) is 5.37. The van der Waals surface area contributed by atoms with Gasteiger partial charge in [-0.1, -0.05) is 0 Å². The van der Waals surface area contributed by atoms with Crippen LogP contribution in [0.15, 0.2) is 12.3 Å². The van der Waals surface area contributed by atoms with E-state index in [1.807, 2.05) is 6.92 Å². The number of hydrogen-bond donors (Lipinski definition) is 2. The van der Waals surface area contributed by atoms with Crippen LogP contribution in [0.4, 0.5) is 9.18 Å². The van der Waals surface area contributed by atoms with Crippen LogP contribution in [0.25, 0.3) is 0 Å². The Hall–Kier alpha value is -1.85. The van der Waals surface area contributed by atoms with E-state index in [9.17, 15) is 9.18 Å². The van der Waals surface area contributed by atoms with Gasteiger partial charge in [0.25, 0.3) is 0 Å². The molecule has 2 N–H and O–H groups in total. The van der Waals surface area contributed by atoms with Gasteiger partial charge in [0.2, 0.25) is 0 Å². The zero-order valence-electron chi connectivity index (χ0n) is 9.31. The Labute approximate surface area is 97.6 Å². The van der Waals surface area contributed by atoms with E-state index in [0.29, 0.717) is 24.4 Å². The smallest absolute Gasteiger partial charge is 0.404 e. The van der Waals surface area contributed by atoms with Crippen LogP contribution in [0.2, 0.25) is 0 Å². The molecule has 1 aromatic rings. The highest BCUT2D eigenvalue weighted by Gasteiger charge is 2.32. The number of carbonyl (C=O) groups is 1. The number of aromatic nitrogens is 1. The highest BCUT2D eigenvalue weighted by molar-refractivity contribution is 5.64. The van der Waals surface area contributed by atoms with Crippen molar-refractivity contribution >= 4 is 6.09 Å². The van der Waals surface area contributed by atoms with E-state index in [4.69, 9.17) is 9.84 Å². The summed E-state index contributed by atoms with van der Waals surface area (Å²) in [6, 6.07) is 1.31. The van der Waals surface area contributed by atoms with Gasteiger partial charge in [0.1, 0.15) is 17.7 Å². The lowest BCUT2D eigenvalue weighted by Crippen LogP contribution is -2.25. The maximum Gasteiger partial charge on any atom is 0.404 e. The van der Waals surface area contributed by atoms with Crippen LogP contribution >= 0.6 is 0 Å². The number of pyridine rings is 1. The Morgan fingerprint density at radius 3 is 3.18 bits per heavy atom. The zero-order chi connectivity index (χ0) is 12.4. The minimum Gasteiger partial charge on any atom is -0.488 e. The molecule has 0 unspecified atom stereocenters. The van der Waals surface area contributed by atoms with Crippen molar-refractivity contribution in [3.05, 3.63) is 23.8 Å². The van der Waals surface area contributed by atoms with E-state index in [-0.39, 0.29) is 12.0 Å². The lowest BCUT2D eigenvalue weighted by atomic mass is 9.97. The Kier molecular flexibility index (Phi) is 3.12. The first-order valence-electron chi connectivity index (χ1n) is 5.37. The second kappa shape index (κ2) is 4.57. The molecule has 1 amide bonds. The number of rotatable bonds is 3. The monoisotopic (exact) mass is 240 g/mol. The standard InChI is InChI=1S/C11H13FN2O3/c1-6-8(2-3-13-11(15)16)10-9(17-6)4-7(12)5-14-10/h4-6,8,13H,2-3H2,1H3,(H,15,16)/t6-,8-/m1/s1. The van der Waals surface area contributed by atoms with Gasteiger partial charge in [-0.15, -0.1) is 0 Å². The molecule has 92 valence electrons. The van der Waals surface area contributed by atoms with Crippen LogP contribution in [0.5, 0.6) is 5.75 Å². The molecule has 6 heteroatoms. The summed E-state index contributed by atoms with van der Waals surface area (Å²) in [5.41, 5.74) is 0.700. The van der Waals surface area contributed by atoms with Crippen molar-refractivity contribution in [1.82, 2.24) is 10.3 Å². The van der Waals surface area contributed by atoms with E-state index in [1.54, 1.807) is 0 Å². The van der Waals surface area contributed by atoms with E-state index in [1.165, 1.54) is 6.07 Å². The first-order chi connectivity index (χ1) is 8.08. The predicted octanol–water partition coefficient (Wildman–Crippen LogP) is 1.74. The molecule has 0 fully saturated rings. The molecule has 2 rings (SSSR count). The van der Waals surface area contributed by atoms with Crippen molar-refractivity contribution in [2.75, 3.05) is 6.54 Å². The summed E-state index contributed by atoms with van der Waals surface area (Å²) < 4.78 is 18.4. The van der Waals surface area contributed by atoms with Gasteiger partial charge in [0.15, 0.2) is 0 Å². The molecule has 0 bridgehead atoms. The molecule has 17 heavy (non-hydrogen) atoms. The largest absolute Gasteiger partial charge is 0.488 e. The summed E-state index contributed by atoms with van der Waals surface area (Å²) in [5, 5.41) is 10.8. The summed E-state index contributed by atoms with van der Waals surface area (Å²) in [6.07, 6.45) is 0.565. The van der Waals surface area contributed by atoms with E-state index < -0.39 is 11.9 Å². The minimum atomic E-state index is -1.05. The van der Waals surface area contributed by atoms with Gasteiger partial charge in [-0.25, -0.2) is 9.18 Å². The van der Waals surface area contributed by atoms with Gasteiger partial charge >= 0.3 is 6.09 Å². The number of ether oxygens (including phenoxy) is 1. The Bertz CT molecular complexity index is 439. The summed E-state index contributed by atoms with van der Waals surface area (Å²) in [7, 11) is 0. The van der Waals surface area contributed by atoms with Crippen LogP contribution in [-0.4, -0.2) is 28.8 Å². The normalized spacial score (nSPS) is 21.8. The summed E-state index contributed by atoms with van der Waals surface area (Å²) in [5.74, 6) is 0.0236. The third-order valence-corrected chi connectivity index (χ3v) is 2.81. The van der Waals surface area contributed by atoms with Crippen LogP contribution in [0.1, 0.15) is 25.0 Å². The Balaban J connectivity index is 2.06. The van der Waals surface area contributed by atoms with Crippen LogP contribution < -0.4 is 10.1 Å². The number of fused-ring (bicyclic) bond motifs is 1. The molecule has 0 spiro atoms. The van der Waals surface area contributed by atoms with Crippen LogP contribution in [0, 0.1) is 5.82 Å². The highest BCUT2D eigenvalue weighted by atomic mass is 19.1. The topological polar surface area (TPSA) is 71.5 Å². The molecule has 0 radical (unpaired) electrons. The molecular weight excluding hydrogens is 227 g/mol. The van der Waals surface area contributed by atoms with Gasteiger partial charge < -0.3 is 15.2 Å². The zero-order valence-corrected chi connectivity index (χ0v) is 9.31. The lowest BCUT2D eigenvalue weighted by molar-refractivity contribution is 0.191. The molecular formula is C11H13FN2O3. The summed E-state index contributed by atoms with van der Waals surface area (Å²) in [4.78, 5) is 14.4. The van der Waals surface area contributed by atoms with Gasteiger partial charge in [-0.2, -0.15) is 0 Å². The fourth-order valence-corrected chi connectivity index (χ4v) is 2.01. The number of halogens is 1. The van der Waals surface area contributed by atoms with Crippen molar-refractivity contribution in [3.63, 3.8) is 0 Å². The molecule has 1 aliphatic heterocycles. The average molecular weight is 240 g/mol. The van der Waals surface area contributed by atoms with Crippen molar-refractivity contribution in [2.45, 2.75) is 25.4 Å². The minimum absolute atomic E-state index is 0.00236. The Morgan fingerprint density at radius 2 is 2.47 bits per heavy atom. The molecule has 0 aliphatic carbocycles. The number of carboxylic acid groups (broad SMARTS) is 1. The van der Waals surface area contributed by atoms with Gasteiger partial charge in [-0.05, 0) is 13.3 Å². The molecule has 0 aromatic carbocycles. The second-order valence-electron chi connectivity index (χ2n) is 3.99. The van der Waals surface area contributed by atoms with Gasteiger partial charge in [0.05, 0.1) is 11.9 Å². The van der Waals surface area contributed by atoms with E-state index in [2.05, 4.69) is 10.3 Å². The second-order valence-corrected chi connectivity index (χ2v) is 3.99. The van der Waals surface area contributed by atoms with Gasteiger partial charge in [0, 0.05) is 18.5 Å². The fourth-order valence-electron chi connectivity index (χ4n) is 2.01. The molecule has 2 heterocycles. The molecule has 2 atom stereocenters. The molecule has 1 aromatic heterocycles. The first kappa shape index (κ1) is 11.6. The maximum atomic E-state index is 12.9. The number of amides is 1. The van der Waals surface area contributed by atoms with Crippen LogP contribution in [-0.2, 0) is 0 Å². The van der Waals surface area contributed by atoms with E-state index >= 15 is 0 Å². The molecule has 0 saturated carbocycles. The molecule has 1 aliphatic rings. The number of nitrogens with zero attached hydrogens (tertiary/aromatic N) is 1. The third-order valence-electron chi connectivity index (χ3n) is 2.81. The number of hydrogen-bond acceptors (Lipinski definition) is 3. The lowest BCUT2D eigenvalue weighted by Gasteiger charge is -2.13. The number of nitrogens with one attached hydrogen (secondary N) is 1. The SMILES string of the molecule is C[C@H]1Oc2cc(F)cnc2[C@@H]1CCNC(=O)O. The van der Waals surface area contributed by atoms with Gasteiger partial charge in [-0.3, -0.25) is 4.98 Å². The van der Waals surface area contributed by atoms with E-state index in [0.717, 1.165) is 6.20 Å². The quantitative estimate of drug-likeness (QED) is 0.844. The van der Waals surface area contributed by atoms with Crippen molar-refractivity contribution in [1.29, 1.82) is 0 Å². The average Bonchev–Trinajstić information content (AvgIpc) is 2.54. The third kappa shape index (κ3) is 2.46. The fraction of sp³-hybridized carbons (Fsp3) is 0.455.